The maximum Gasteiger partial charge on any atom is 0.241 e. The fourth-order valence-corrected chi connectivity index (χ4v) is 4.72. The van der Waals surface area contributed by atoms with E-state index in [1.54, 1.807) is 11.8 Å². The lowest BCUT2D eigenvalue weighted by atomic mass is 10.0. The van der Waals surface area contributed by atoms with E-state index in [2.05, 4.69) is 4.72 Å². The Morgan fingerprint density at radius 3 is 2.79 bits per heavy atom. The van der Waals surface area contributed by atoms with E-state index in [9.17, 15) is 13.2 Å². The molecule has 0 saturated carbocycles. The molecule has 1 aliphatic heterocycles. The van der Waals surface area contributed by atoms with Gasteiger partial charge in [0.1, 0.15) is 0 Å². The quantitative estimate of drug-likeness (QED) is 0.923. The minimum Gasteiger partial charge on any atom is -0.273 e. The molecule has 1 atom stereocenters. The van der Waals surface area contributed by atoms with Crippen molar-refractivity contribution in [3.05, 3.63) is 29.8 Å². The first-order chi connectivity index (χ1) is 8.89. The fourth-order valence-electron chi connectivity index (χ4n) is 2.08. The molecule has 0 saturated heterocycles. The fraction of sp³-hybridized carbons (Fsp3) is 0.462. The molecule has 104 valence electrons. The van der Waals surface area contributed by atoms with Crippen molar-refractivity contribution in [2.75, 3.05) is 11.5 Å². The molecule has 1 aliphatic rings. The summed E-state index contributed by atoms with van der Waals surface area (Å²) < 4.78 is 25.8. The number of carbonyl (C=O) groups is 1. The standard InChI is InChI=1S/C13H17NO3S2/c1-9(2)8-19(16,17)14-13(15)11-7-18-12-6-4-3-5-10(11)12/h3-6,9,11H,7-8H2,1-2H3,(H,14,15)/t11-/m1/s1. The molecule has 1 aromatic rings. The number of amides is 1. The lowest BCUT2D eigenvalue weighted by Crippen LogP contribution is -2.37. The third kappa shape index (κ3) is 3.51. The van der Waals surface area contributed by atoms with E-state index in [1.807, 2.05) is 38.1 Å². The van der Waals surface area contributed by atoms with Gasteiger partial charge in [0, 0.05) is 10.6 Å². The third-order valence-electron chi connectivity index (χ3n) is 2.83. The Morgan fingerprint density at radius 1 is 1.42 bits per heavy atom. The van der Waals surface area contributed by atoms with Gasteiger partial charge in [0.25, 0.3) is 0 Å². The largest absolute Gasteiger partial charge is 0.273 e. The van der Waals surface area contributed by atoms with Crippen molar-refractivity contribution >= 4 is 27.7 Å². The summed E-state index contributed by atoms with van der Waals surface area (Å²) in [5.74, 6) is -0.223. The molecule has 0 aliphatic carbocycles. The number of sulfonamides is 1. The van der Waals surface area contributed by atoms with E-state index in [0.717, 1.165) is 10.5 Å². The summed E-state index contributed by atoms with van der Waals surface area (Å²) >= 11 is 1.59. The van der Waals surface area contributed by atoms with Gasteiger partial charge in [0.15, 0.2) is 0 Å². The van der Waals surface area contributed by atoms with Crippen molar-refractivity contribution in [3.8, 4) is 0 Å². The Labute approximate surface area is 118 Å². The van der Waals surface area contributed by atoms with Gasteiger partial charge in [-0.1, -0.05) is 32.0 Å². The molecule has 0 spiro atoms. The van der Waals surface area contributed by atoms with E-state index < -0.39 is 15.9 Å². The van der Waals surface area contributed by atoms with Crippen molar-refractivity contribution in [1.82, 2.24) is 4.72 Å². The number of carbonyl (C=O) groups excluding carboxylic acids is 1. The second-order valence-corrected chi connectivity index (χ2v) is 7.87. The normalized spacial score (nSPS) is 18.4. The highest BCUT2D eigenvalue weighted by Gasteiger charge is 2.31. The molecule has 1 aromatic carbocycles. The van der Waals surface area contributed by atoms with Gasteiger partial charge in [-0.2, -0.15) is 0 Å². The smallest absolute Gasteiger partial charge is 0.241 e. The molecule has 19 heavy (non-hydrogen) atoms. The van der Waals surface area contributed by atoms with Crippen LogP contribution in [-0.4, -0.2) is 25.8 Å². The molecule has 0 radical (unpaired) electrons. The van der Waals surface area contributed by atoms with Crippen LogP contribution in [0.3, 0.4) is 0 Å². The van der Waals surface area contributed by atoms with Crippen LogP contribution in [0.15, 0.2) is 29.2 Å². The number of nitrogens with one attached hydrogen (secondary N) is 1. The SMILES string of the molecule is CC(C)CS(=O)(=O)NC(=O)[C@@H]1CSc2ccccc21. The van der Waals surface area contributed by atoms with Crippen LogP contribution in [0.1, 0.15) is 25.3 Å². The van der Waals surface area contributed by atoms with Crippen molar-refractivity contribution in [2.24, 2.45) is 5.92 Å². The summed E-state index contributed by atoms with van der Waals surface area (Å²) in [4.78, 5) is 13.2. The van der Waals surface area contributed by atoms with Gasteiger partial charge in [-0.15, -0.1) is 11.8 Å². The highest BCUT2D eigenvalue weighted by atomic mass is 32.2. The van der Waals surface area contributed by atoms with Crippen LogP contribution in [0.2, 0.25) is 0 Å². The first-order valence-electron chi connectivity index (χ1n) is 6.15. The van der Waals surface area contributed by atoms with Gasteiger partial charge in [0.2, 0.25) is 15.9 Å². The molecule has 0 aromatic heterocycles. The maximum absolute atomic E-state index is 12.1. The van der Waals surface area contributed by atoms with E-state index in [1.165, 1.54) is 0 Å². The summed E-state index contributed by atoms with van der Waals surface area (Å²) in [6, 6.07) is 7.62. The zero-order valence-corrected chi connectivity index (χ0v) is 12.6. The summed E-state index contributed by atoms with van der Waals surface area (Å²) in [5.41, 5.74) is 0.921. The second-order valence-electron chi connectivity index (χ2n) is 5.04. The molecule has 4 nitrogen and oxygen atoms in total. The monoisotopic (exact) mass is 299 g/mol. The molecular formula is C13H17NO3S2. The predicted octanol–water partition coefficient (Wildman–Crippen LogP) is 1.98. The Bertz CT molecular complexity index is 581. The Morgan fingerprint density at radius 2 is 2.11 bits per heavy atom. The minimum atomic E-state index is -3.53. The molecule has 2 rings (SSSR count). The Balaban J connectivity index is 2.11. The molecule has 0 fully saturated rings. The zero-order valence-electron chi connectivity index (χ0n) is 10.9. The van der Waals surface area contributed by atoms with Crippen molar-refractivity contribution < 1.29 is 13.2 Å². The van der Waals surface area contributed by atoms with Crippen LogP contribution in [0, 0.1) is 5.92 Å². The zero-order chi connectivity index (χ0) is 14.0. The lowest BCUT2D eigenvalue weighted by molar-refractivity contribution is -0.120. The van der Waals surface area contributed by atoms with Crippen LogP contribution >= 0.6 is 11.8 Å². The highest BCUT2D eigenvalue weighted by molar-refractivity contribution is 7.99. The molecule has 1 amide bonds. The first kappa shape index (κ1) is 14.4. The number of rotatable bonds is 4. The van der Waals surface area contributed by atoms with Gasteiger partial charge in [-0.05, 0) is 17.5 Å². The first-order valence-corrected chi connectivity index (χ1v) is 8.79. The third-order valence-corrected chi connectivity index (χ3v) is 5.63. The van der Waals surface area contributed by atoms with Gasteiger partial charge in [-0.25, -0.2) is 8.42 Å². The van der Waals surface area contributed by atoms with E-state index in [0.29, 0.717) is 5.75 Å². The molecule has 0 bridgehead atoms. The summed E-state index contributed by atoms with van der Waals surface area (Å²) in [6.07, 6.45) is 0. The topological polar surface area (TPSA) is 63.2 Å². The molecule has 1 heterocycles. The number of fused-ring (bicyclic) bond motifs is 1. The van der Waals surface area contributed by atoms with E-state index >= 15 is 0 Å². The van der Waals surface area contributed by atoms with E-state index in [-0.39, 0.29) is 17.6 Å². The second kappa shape index (κ2) is 5.54. The van der Waals surface area contributed by atoms with Crippen molar-refractivity contribution in [3.63, 3.8) is 0 Å². The van der Waals surface area contributed by atoms with Gasteiger partial charge >= 0.3 is 0 Å². The highest BCUT2D eigenvalue weighted by Crippen LogP contribution is 2.39. The summed E-state index contributed by atoms with van der Waals surface area (Å²) in [7, 11) is -3.53. The predicted molar refractivity (Wildman–Crippen MR) is 76.7 cm³/mol. The van der Waals surface area contributed by atoms with Crippen LogP contribution in [0.4, 0.5) is 0 Å². The number of thioether (sulfide) groups is 1. The Hall–Kier alpha value is -1.01. The molecule has 1 N–H and O–H groups in total. The number of hydrogen-bond acceptors (Lipinski definition) is 4. The number of hydrogen-bond donors (Lipinski definition) is 1. The van der Waals surface area contributed by atoms with Gasteiger partial charge in [0.05, 0.1) is 11.7 Å². The average molecular weight is 299 g/mol. The minimum absolute atomic E-state index is 0.00413. The van der Waals surface area contributed by atoms with Crippen LogP contribution < -0.4 is 4.72 Å². The average Bonchev–Trinajstić information content (AvgIpc) is 2.69. The Kier molecular flexibility index (Phi) is 4.20. The van der Waals surface area contributed by atoms with Crippen LogP contribution in [0.25, 0.3) is 0 Å². The van der Waals surface area contributed by atoms with Crippen LogP contribution in [-0.2, 0) is 14.8 Å². The maximum atomic E-state index is 12.1. The summed E-state index contributed by atoms with van der Waals surface area (Å²) in [6.45, 7) is 3.62. The van der Waals surface area contributed by atoms with Crippen molar-refractivity contribution in [1.29, 1.82) is 0 Å². The molecular weight excluding hydrogens is 282 g/mol. The number of benzene rings is 1. The van der Waals surface area contributed by atoms with Gasteiger partial charge < -0.3 is 0 Å². The molecule has 6 heteroatoms. The van der Waals surface area contributed by atoms with Crippen LogP contribution in [0.5, 0.6) is 0 Å². The summed E-state index contributed by atoms with van der Waals surface area (Å²) in [5, 5.41) is 0. The molecule has 0 unspecified atom stereocenters. The van der Waals surface area contributed by atoms with E-state index in [4.69, 9.17) is 0 Å². The lowest BCUT2D eigenvalue weighted by Gasteiger charge is -2.13. The van der Waals surface area contributed by atoms with Crippen molar-refractivity contribution in [2.45, 2.75) is 24.7 Å². The van der Waals surface area contributed by atoms with Gasteiger partial charge in [-0.3, -0.25) is 9.52 Å².